The van der Waals surface area contributed by atoms with Crippen LogP contribution in [0.3, 0.4) is 0 Å². The molecular formula is C26H30N2O5. The summed E-state index contributed by atoms with van der Waals surface area (Å²) in [6.07, 6.45) is 0.700. The van der Waals surface area contributed by atoms with E-state index in [0.29, 0.717) is 26.2 Å². The summed E-state index contributed by atoms with van der Waals surface area (Å²) >= 11 is 0. The van der Waals surface area contributed by atoms with Crippen LogP contribution in [0.5, 0.6) is 5.75 Å². The topological polar surface area (TPSA) is 90.3 Å². The average molecular weight is 451 g/mol. The Kier molecular flexibility index (Phi) is 6.81. The van der Waals surface area contributed by atoms with Crippen LogP contribution in [-0.2, 0) is 14.3 Å². The van der Waals surface area contributed by atoms with Gasteiger partial charge in [0.1, 0.15) is 11.5 Å². The van der Waals surface area contributed by atoms with Crippen LogP contribution >= 0.6 is 0 Å². The molecule has 1 atom stereocenters. The maximum Gasteiger partial charge on any atom is 0.295 e. The third kappa shape index (κ3) is 4.79. The summed E-state index contributed by atoms with van der Waals surface area (Å²) in [5.74, 6) is -1.85. The predicted octanol–water partition coefficient (Wildman–Crippen LogP) is 3.15. The first-order valence-corrected chi connectivity index (χ1v) is 11.3. The van der Waals surface area contributed by atoms with Gasteiger partial charge in [0, 0.05) is 26.2 Å². The lowest BCUT2D eigenvalue weighted by molar-refractivity contribution is -0.140. The molecule has 2 aromatic carbocycles. The first kappa shape index (κ1) is 23.0. The molecule has 0 bridgehead atoms. The maximum absolute atomic E-state index is 13.1. The summed E-state index contributed by atoms with van der Waals surface area (Å²) in [5.41, 5.74) is 2.79. The molecular weight excluding hydrogens is 420 g/mol. The minimum Gasteiger partial charge on any atom is -0.507 e. The van der Waals surface area contributed by atoms with E-state index in [1.54, 1.807) is 17.0 Å². The largest absolute Gasteiger partial charge is 0.507 e. The number of aliphatic hydroxyl groups excluding tert-OH is 1. The second kappa shape index (κ2) is 9.77. The fraction of sp³-hybridized carbons (Fsp3) is 0.385. The number of benzene rings is 2. The van der Waals surface area contributed by atoms with Crippen LogP contribution < -0.4 is 0 Å². The number of hydrogen-bond donors (Lipinski definition) is 2. The molecule has 174 valence electrons. The van der Waals surface area contributed by atoms with Crippen molar-refractivity contribution < 1.29 is 24.5 Å². The molecule has 2 heterocycles. The van der Waals surface area contributed by atoms with Crippen molar-refractivity contribution in [1.82, 2.24) is 9.80 Å². The quantitative estimate of drug-likeness (QED) is 0.399. The molecule has 2 fully saturated rings. The Morgan fingerprint density at radius 2 is 1.67 bits per heavy atom. The summed E-state index contributed by atoms with van der Waals surface area (Å²) in [5, 5.41) is 21.5. The van der Waals surface area contributed by atoms with Crippen molar-refractivity contribution in [2.75, 3.05) is 39.4 Å². The standard InChI is InChI=1S/C26H30N2O5/c1-17-4-7-19(8-5-17)23-22(24(30)20-16-18(2)6-9-21(20)29)25(31)26(32)28(23)11-3-10-27-12-14-33-15-13-27/h4-9,16,23,29-30H,3,10-15H2,1-2H3/t23-/m0/s1. The van der Waals surface area contributed by atoms with E-state index in [4.69, 9.17) is 4.74 Å². The van der Waals surface area contributed by atoms with E-state index in [-0.39, 0.29) is 22.6 Å². The second-order valence-corrected chi connectivity index (χ2v) is 8.73. The molecule has 2 aliphatic rings. The molecule has 7 heteroatoms. The molecule has 2 aliphatic heterocycles. The highest BCUT2D eigenvalue weighted by Crippen LogP contribution is 2.41. The van der Waals surface area contributed by atoms with Crippen LogP contribution in [0.1, 0.15) is 34.7 Å². The number of nitrogens with zero attached hydrogens (tertiary/aromatic N) is 2. The van der Waals surface area contributed by atoms with E-state index in [9.17, 15) is 19.8 Å². The van der Waals surface area contributed by atoms with Crippen molar-refractivity contribution in [3.05, 3.63) is 70.3 Å². The number of morpholine rings is 1. The number of phenolic OH excluding ortho intramolecular Hbond substituents is 1. The predicted molar refractivity (Wildman–Crippen MR) is 125 cm³/mol. The minimum atomic E-state index is -0.731. The number of aliphatic hydroxyl groups is 1. The number of hydrogen-bond acceptors (Lipinski definition) is 6. The monoisotopic (exact) mass is 450 g/mol. The first-order valence-electron chi connectivity index (χ1n) is 11.3. The summed E-state index contributed by atoms with van der Waals surface area (Å²) in [4.78, 5) is 30.0. The Hall–Kier alpha value is -3.16. The van der Waals surface area contributed by atoms with Crippen LogP contribution in [0.2, 0.25) is 0 Å². The maximum atomic E-state index is 13.1. The van der Waals surface area contributed by atoms with E-state index in [2.05, 4.69) is 4.90 Å². The summed E-state index contributed by atoms with van der Waals surface area (Å²) < 4.78 is 5.39. The smallest absolute Gasteiger partial charge is 0.295 e. The molecule has 0 unspecified atom stereocenters. The molecule has 0 radical (unpaired) electrons. The van der Waals surface area contributed by atoms with Crippen LogP contribution in [0.4, 0.5) is 0 Å². The van der Waals surface area contributed by atoms with E-state index in [1.165, 1.54) is 6.07 Å². The molecule has 4 rings (SSSR count). The average Bonchev–Trinajstić information content (AvgIpc) is 3.06. The number of carbonyl (C=O) groups excluding carboxylic acids is 2. The Bertz CT molecular complexity index is 1070. The minimum absolute atomic E-state index is 0.0103. The molecule has 33 heavy (non-hydrogen) atoms. The van der Waals surface area contributed by atoms with Gasteiger partial charge in [-0.3, -0.25) is 14.5 Å². The number of carbonyl (C=O) groups is 2. The van der Waals surface area contributed by atoms with Gasteiger partial charge in [0.25, 0.3) is 11.7 Å². The number of rotatable bonds is 6. The van der Waals surface area contributed by atoms with E-state index >= 15 is 0 Å². The summed E-state index contributed by atoms with van der Waals surface area (Å²) in [6.45, 7) is 8.09. The first-order chi connectivity index (χ1) is 15.9. The zero-order chi connectivity index (χ0) is 23.5. The fourth-order valence-corrected chi connectivity index (χ4v) is 4.48. The van der Waals surface area contributed by atoms with Crippen molar-refractivity contribution in [1.29, 1.82) is 0 Å². The van der Waals surface area contributed by atoms with Crippen LogP contribution in [0.25, 0.3) is 5.76 Å². The highest BCUT2D eigenvalue weighted by Gasteiger charge is 2.46. The molecule has 1 amide bonds. The van der Waals surface area contributed by atoms with E-state index in [1.807, 2.05) is 38.1 Å². The van der Waals surface area contributed by atoms with Crippen LogP contribution in [-0.4, -0.2) is 71.1 Å². The fourth-order valence-electron chi connectivity index (χ4n) is 4.48. The van der Waals surface area contributed by atoms with Crippen LogP contribution in [0.15, 0.2) is 48.0 Å². The van der Waals surface area contributed by atoms with Gasteiger partial charge >= 0.3 is 0 Å². The van der Waals surface area contributed by atoms with Gasteiger partial charge in [0.15, 0.2) is 0 Å². The van der Waals surface area contributed by atoms with Gasteiger partial charge < -0.3 is 19.8 Å². The number of aryl methyl sites for hydroxylation is 2. The highest BCUT2D eigenvalue weighted by molar-refractivity contribution is 6.46. The molecule has 2 N–H and O–H groups in total. The Labute approximate surface area is 193 Å². The Morgan fingerprint density at radius 3 is 2.36 bits per heavy atom. The van der Waals surface area contributed by atoms with Crippen molar-refractivity contribution in [2.24, 2.45) is 0 Å². The lowest BCUT2D eigenvalue weighted by atomic mass is 9.94. The molecule has 2 saturated heterocycles. The molecule has 2 aromatic rings. The second-order valence-electron chi connectivity index (χ2n) is 8.73. The van der Waals surface area contributed by atoms with E-state index < -0.39 is 17.7 Å². The van der Waals surface area contributed by atoms with Crippen molar-refractivity contribution in [2.45, 2.75) is 26.3 Å². The number of amides is 1. The number of likely N-dealkylation sites (tertiary alicyclic amines) is 1. The van der Waals surface area contributed by atoms with Gasteiger partial charge in [0.05, 0.1) is 30.4 Å². The van der Waals surface area contributed by atoms with Crippen molar-refractivity contribution in [3.63, 3.8) is 0 Å². The molecule has 0 aromatic heterocycles. The molecule has 7 nitrogen and oxygen atoms in total. The summed E-state index contributed by atoms with van der Waals surface area (Å²) in [7, 11) is 0. The Morgan fingerprint density at radius 1 is 1.00 bits per heavy atom. The molecule has 0 spiro atoms. The Balaban J connectivity index is 1.70. The third-order valence-electron chi connectivity index (χ3n) is 6.32. The number of phenols is 1. The van der Waals surface area contributed by atoms with Crippen LogP contribution in [0, 0.1) is 13.8 Å². The zero-order valence-corrected chi connectivity index (χ0v) is 19.1. The normalized spacial score (nSPS) is 21.0. The van der Waals surface area contributed by atoms with Crippen molar-refractivity contribution in [3.8, 4) is 5.75 Å². The third-order valence-corrected chi connectivity index (χ3v) is 6.32. The lowest BCUT2D eigenvalue weighted by Crippen LogP contribution is -2.38. The van der Waals surface area contributed by atoms with Gasteiger partial charge in [0.2, 0.25) is 0 Å². The van der Waals surface area contributed by atoms with Gasteiger partial charge in [-0.25, -0.2) is 0 Å². The molecule has 0 saturated carbocycles. The molecule has 0 aliphatic carbocycles. The number of aromatic hydroxyl groups is 1. The van der Waals surface area contributed by atoms with Gasteiger partial charge in [-0.15, -0.1) is 0 Å². The number of ether oxygens (including phenoxy) is 1. The van der Waals surface area contributed by atoms with Gasteiger partial charge in [-0.1, -0.05) is 41.5 Å². The van der Waals surface area contributed by atoms with Crippen molar-refractivity contribution >= 4 is 17.4 Å². The summed E-state index contributed by atoms with van der Waals surface area (Å²) in [6, 6.07) is 11.7. The van der Waals surface area contributed by atoms with Gasteiger partial charge in [-0.2, -0.15) is 0 Å². The SMILES string of the molecule is Cc1ccc([C@H]2C(=C(O)c3cc(C)ccc3O)C(=O)C(=O)N2CCCN2CCOCC2)cc1. The zero-order valence-electron chi connectivity index (χ0n) is 19.1. The lowest BCUT2D eigenvalue weighted by Gasteiger charge is -2.29. The van der Waals surface area contributed by atoms with Gasteiger partial charge in [-0.05, 0) is 38.0 Å². The number of ketones is 1. The highest BCUT2D eigenvalue weighted by atomic mass is 16.5. The number of Topliss-reactive ketones (excluding diaryl/α,β-unsaturated/α-hetero) is 1. The van der Waals surface area contributed by atoms with E-state index in [0.717, 1.165) is 36.3 Å².